The molecule has 0 radical (unpaired) electrons. The number of aryl methyl sites for hydroxylation is 2. The second kappa shape index (κ2) is 8.78. The summed E-state index contributed by atoms with van der Waals surface area (Å²) in [6.45, 7) is 6.79. The number of para-hydroxylation sites is 1. The van der Waals surface area contributed by atoms with Crippen molar-refractivity contribution >= 4 is 23.3 Å². The van der Waals surface area contributed by atoms with Crippen LogP contribution in [0.2, 0.25) is 0 Å². The Bertz CT molecular complexity index is 1070. The monoisotopic (exact) mass is 405 g/mol. The van der Waals surface area contributed by atoms with Gasteiger partial charge in [0.05, 0.1) is 0 Å². The smallest absolute Gasteiger partial charge is 0.375 e. The highest BCUT2D eigenvalue weighted by atomic mass is 16.6. The number of carbonyl (C=O) groups excluding carboxylic acids is 3. The molecule has 0 aliphatic carbocycles. The molecule has 1 heterocycles. The van der Waals surface area contributed by atoms with E-state index in [1.807, 2.05) is 32.0 Å². The number of amides is 1. The van der Waals surface area contributed by atoms with Crippen LogP contribution in [0.3, 0.4) is 0 Å². The lowest BCUT2D eigenvalue weighted by Gasteiger charge is -2.15. The summed E-state index contributed by atoms with van der Waals surface area (Å²) in [5, 5.41) is 2.81. The number of ether oxygens (including phenoxy) is 1. The zero-order valence-electron chi connectivity index (χ0n) is 17.3. The van der Waals surface area contributed by atoms with E-state index in [-0.39, 0.29) is 11.5 Å². The Morgan fingerprint density at radius 1 is 0.933 bits per heavy atom. The molecule has 0 bridgehead atoms. The molecule has 3 rings (SSSR count). The van der Waals surface area contributed by atoms with Gasteiger partial charge in [-0.05, 0) is 51.0 Å². The number of nitrogens with one attached hydrogen (secondary N) is 1. The molecule has 0 aliphatic rings. The van der Waals surface area contributed by atoms with Crippen molar-refractivity contribution in [1.82, 2.24) is 0 Å². The van der Waals surface area contributed by atoms with Crippen LogP contribution in [0, 0.1) is 13.8 Å². The van der Waals surface area contributed by atoms with Gasteiger partial charge in [-0.2, -0.15) is 0 Å². The van der Waals surface area contributed by atoms with E-state index in [1.165, 1.54) is 19.9 Å². The van der Waals surface area contributed by atoms with Crippen molar-refractivity contribution in [3.8, 4) is 11.3 Å². The van der Waals surface area contributed by atoms with Crippen molar-refractivity contribution in [2.24, 2.45) is 0 Å². The SMILES string of the molecule is CC(=O)c1ccc(-c2ccc(C(=O)O[C@H](C)C(=O)Nc3c(C)cccc3C)o2)cc1. The van der Waals surface area contributed by atoms with Crippen LogP contribution >= 0.6 is 0 Å². The second-order valence-electron chi connectivity index (χ2n) is 7.10. The molecule has 3 aromatic rings. The van der Waals surface area contributed by atoms with Crippen LogP contribution in [0.1, 0.15) is 45.9 Å². The van der Waals surface area contributed by atoms with Gasteiger partial charge in [-0.1, -0.05) is 42.5 Å². The minimum Gasteiger partial charge on any atom is -0.449 e. The maximum absolute atomic E-state index is 12.5. The third kappa shape index (κ3) is 4.66. The number of carbonyl (C=O) groups is 3. The Morgan fingerprint density at radius 3 is 2.17 bits per heavy atom. The van der Waals surface area contributed by atoms with Crippen molar-refractivity contribution in [3.05, 3.63) is 77.0 Å². The van der Waals surface area contributed by atoms with Gasteiger partial charge < -0.3 is 14.5 Å². The number of esters is 1. The van der Waals surface area contributed by atoms with Crippen LogP contribution in [-0.4, -0.2) is 23.8 Å². The van der Waals surface area contributed by atoms with E-state index in [0.29, 0.717) is 17.0 Å². The Labute approximate surface area is 174 Å². The van der Waals surface area contributed by atoms with Crippen LogP contribution in [0.15, 0.2) is 59.0 Å². The van der Waals surface area contributed by atoms with Crippen molar-refractivity contribution in [3.63, 3.8) is 0 Å². The van der Waals surface area contributed by atoms with Crippen LogP contribution < -0.4 is 5.32 Å². The minimum atomic E-state index is -1.00. The number of hydrogen-bond donors (Lipinski definition) is 1. The molecule has 0 spiro atoms. The van der Waals surface area contributed by atoms with Crippen molar-refractivity contribution in [2.45, 2.75) is 33.8 Å². The maximum atomic E-state index is 12.5. The van der Waals surface area contributed by atoms with Gasteiger partial charge >= 0.3 is 5.97 Å². The van der Waals surface area contributed by atoms with E-state index in [2.05, 4.69) is 5.32 Å². The van der Waals surface area contributed by atoms with Crippen LogP contribution in [0.4, 0.5) is 5.69 Å². The van der Waals surface area contributed by atoms with E-state index in [1.54, 1.807) is 30.3 Å². The molecular formula is C24H23NO5. The topological polar surface area (TPSA) is 85.6 Å². The molecule has 6 heteroatoms. The molecule has 2 aromatic carbocycles. The molecule has 30 heavy (non-hydrogen) atoms. The fourth-order valence-electron chi connectivity index (χ4n) is 2.98. The largest absolute Gasteiger partial charge is 0.449 e. The number of benzene rings is 2. The van der Waals surface area contributed by atoms with E-state index in [9.17, 15) is 14.4 Å². The van der Waals surface area contributed by atoms with Crippen LogP contribution in [0.5, 0.6) is 0 Å². The normalized spacial score (nSPS) is 11.6. The molecule has 154 valence electrons. The molecule has 0 unspecified atom stereocenters. The summed E-state index contributed by atoms with van der Waals surface area (Å²) in [5.74, 6) is -0.728. The average Bonchev–Trinajstić information content (AvgIpc) is 3.21. The van der Waals surface area contributed by atoms with E-state index >= 15 is 0 Å². The van der Waals surface area contributed by atoms with E-state index in [4.69, 9.17) is 9.15 Å². The van der Waals surface area contributed by atoms with Crippen molar-refractivity contribution in [2.75, 3.05) is 5.32 Å². The summed E-state index contributed by atoms with van der Waals surface area (Å²) in [7, 11) is 0. The first-order valence-electron chi connectivity index (χ1n) is 9.55. The molecule has 6 nitrogen and oxygen atoms in total. The Morgan fingerprint density at radius 2 is 1.57 bits per heavy atom. The van der Waals surface area contributed by atoms with Gasteiger partial charge in [0.25, 0.3) is 5.91 Å². The first-order chi connectivity index (χ1) is 14.3. The van der Waals surface area contributed by atoms with Gasteiger partial charge in [-0.15, -0.1) is 0 Å². The van der Waals surface area contributed by atoms with Crippen LogP contribution in [0.25, 0.3) is 11.3 Å². The average molecular weight is 405 g/mol. The Kier molecular flexibility index (Phi) is 6.16. The lowest BCUT2D eigenvalue weighted by Crippen LogP contribution is -2.30. The molecule has 0 fully saturated rings. The van der Waals surface area contributed by atoms with Crippen molar-refractivity contribution in [1.29, 1.82) is 0 Å². The lowest BCUT2D eigenvalue weighted by atomic mass is 10.1. The van der Waals surface area contributed by atoms with Gasteiger partial charge in [0.2, 0.25) is 5.76 Å². The maximum Gasteiger partial charge on any atom is 0.375 e. The number of Topliss-reactive ketones (excluding diaryl/α,β-unsaturated/α-hetero) is 1. The molecule has 0 aliphatic heterocycles. The summed E-state index contributed by atoms with van der Waals surface area (Å²) in [5.41, 5.74) is 3.87. The minimum absolute atomic E-state index is 0.00707. The zero-order chi connectivity index (χ0) is 21.8. The molecule has 1 atom stereocenters. The quantitative estimate of drug-likeness (QED) is 0.463. The highest BCUT2D eigenvalue weighted by Gasteiger charge is 2.22. The summed E-state index contributed by atoms with van der Waals surface area (Å²) in [6, 6.07) is 15.7. The molecule has 0 saturated heterocycles. The van der Waals surface area contributed by atoms with Crippen LogP contribution in [-0.2, 0) is 9.53 Å². The fourth-order valence-corrected chi connectivity index (χ4v) is 2.98. The van der Waals surface area contributed by atoms with Crippen molar-refractivity contribution < 1.29 is 23.5 Å². The first kappa shape index (κ1) is 21.0. The zero-order valence-corrected chi connectivity index (χ0v) is 17.3. The first-order valence-corrected chi connectivity index (χ1v) is 9.55. The molecule has 1 aromatic heterocycles. The summed E-state index contributed by atoms with van der Waals surface area (Å²) >= 11 is 0. The number of furan rings is 1. The molecule has 1 amide bonds. The third-order valence-electron chi connectivity index (χ3n) is 4.77. The summed E-state index contributed by atoms with van der Waals surface area (Å²) in [6.07, 6.45) is -1.00. The number of hydrogen-bond acceptors (Lipinski definition) is 5. The lowest BCUT2D eigenvalue weighted by molar-refractivity contribution is -0.123. The number of ketones is 1. The molecular weight excluding hydrogens is 382 g/mol. The predicted molar refractivity (Wildman–Crippen MR) is 114 cm³/mol. The number of anilines is 1. The standard InChI is InChI=1S/C24H23NO5/c1-14-6-5-7-15(2)22(14)25-23(27)17(4)29-24(28)21-13-12-20(30-21)19-10-8-18(9-11-19)16(3)26/h5-13,17H,1-4H3,(H,25,27)/t17-/m1/s1. The molecule has 1 N–H and O–H groups in total. The summed E-state index contributed by atoms with van der Waals surface area (Å²) < 4.78 is 10.8. The highest BCUT2D eigenvalue weighted by molar-refractivity contribution is 5.98. The highest BCUT2D eigenvalue weighted by Crippen LogP contribution is 2.24. The van der Waals surface area contributed by atoms with Gasteiger partial charge in [-0.25, -0.2) is 4.79 Å². The second-order valence-corrected chi connectivity index (χ2v) is 7.10. The summed E-state index contributed by atoms with van der Waals surface area (Å²) in [4.78, 5) is 36.2. The van der Waals surface area contributed by atoms with Gasteiger partial charge in [-0.3, -0.25) is 9.59 Å². The fraction of sp³-hybridized carbons (Fsp3) is 0.208. The van der Waals surface area contributed by atoms with Gasteiger partial charge in [0.1, 0.15) is 5.76 Å². The van der Waals surface area contributed by atoms with E-state index in [0.717, 1.165) is 16.7 Å². The predicted octanol–water partition coefficient (Wildman–Crippen LogP) is 4.95. The number of rotatable bonds is 6. The Balaban J connectivity index is 1.66. The molecule has 0 saturated carbocycles. The third-order valence-corrected chi connectivity index (χ3v) is 4.77. The Hall–Kier alpha value is -3.67. The van der Waals surface area contributed by atoms with E-state index < -0.39 is 18.0 Å². The van der Waals surface area contributed by atoms with Gasteiger partial charge in [0.15, 0.2) is 11.9 Å². The van der Waals surface area contributed by atoms with Gasteiger partial charge in [0, 0.05) is 16.8 Å².